The minimum absolute atomic E-state index is 0.0245. The first-order valence-electron chi connectivity index (χ1n) is 8.49. The van der Waals surface area contributed by atoms with Crippen molar-refractivity contribution in [1.82, 2.24) is 30.4 Å². The molecule has 1 fully saturated rings. The summed E-state index contributed by atoms with van der Waals surface area (Å²) in [6.07, 6.45) is 1.45. The first kappa shape index (κ1) is 17.4. The molecule has 138 valence electrons. The van der Waals surface area contributed by atoms with Gasteiger partial charge < -0.3 is 5.32 Å². The third-order valence-electron chi connectivity index (χ3n) is 4.78. The fraction of sp³-hybridized carbons (Fsp3) is 0.158. The van der Waals surface area contributed by atoms with Crippen LogP contribution in [0.3, 0.4) is 0 Å². The first-order chi connectivity index (χ1) is 13.5. The number of hydrogen-bond donors (Lipinski definition) is 1. The lowest BCUT2D eigenvalue weighted by Gasteiger charge is -2.23. The molecule has 0 radical (unpaired) electrons. The van der Waals surface area contributed by atoms with E-state index >= 15 is 0 Å². The van der Waals surface area contributed by atoms with E-state index in [4.69, 9.17) is 0 Å². The van der Waals surface area contributed by atoms with Gasteiger partial charge in [0.05, 0.1) is 23.9 Å². The van der Waals surface area contributed by atoms with E-state index in [1.54, 1.807) is 55.5 Å². The Bertz CT molecular complexity index is 1100. The number of rotatable bonds is 4. The molecule has 0 aliphatic carbocycles. The molecule has 0 saturated carbocycles. The highest BCUT2D eigenvalue weighted by molar-refractivity contribution is 6.07. The van der Waals surface area contributed by atoms with Gasteiger partial charge in [-0.15, -0.1) is 5.10 Å². The van der Waals surface area contributed by atoms with Gasteiger partial charge in [0.1, 0.15) is 11.9 Å². The number of hydrogen-bond acceptors (Lipinski definition) is 6. The van der Waals surface area contributed by atoms with Crippen molar-refractivity contribution in [2.75, 3.05) is 0 Å². The van der Waals surface area contributed by atoms with Gasteiger partial charge in [-0.3, -0.25) is 9.69 Å². The molecular weight excluding hydrogens is 358 g/mol. The lowest BCUT2D eigenvalue weighted by Crippen LogP contribution is -2.40. The number of imide groups is 1. The molecule has 4 rings (SSSR count). The Hall–Kier alpha value is -4.06. The number of nitrogens with one attached hydrogen (secondary N) is 1. The minimum atomic E-state index is -1.23. The Labute approximate surface area is 160 Å². The van der Waals surface area contributed by atoms with Gasteiger partial charge in [0, 0.05) is 0 Å². The fourth-order valence-electron chi connectivity index (χ4n) is 3.21. The van der Waals surface area contributed by atoms with E-state index in [0.717, 1.165) is 4.90 Å². The summed E-state index contributed by atoms with van der Waals surface area (Å²) in [5, 5.41) is 23.1. The van der Waals surface area contributed by atoms with Gasteiger partial charge in [-0.1, -0.05) is 30.3 Å². The number of urea groups is 1. The largest absolute Gasteiger partial charge is 0.325 e. The molecule has 9 nitrogen and oxygen atoms in total. The number of tetrazole rings is 1. The van der Waals surface area contributed by atoms with Crippen LogP contribution in [0, 0.1) is 11.3 Å². The number of amides is 3. The van der Waals surface area contributed by atoms with Gasteiger partial charge in [-0.05, 0) is 46.7 Å². The molecule has 2 heterocycles. The second-order valence-corrected chi connectivity index (χ2v) is 6.52. The van der Waals surface area contributed by atoms with Crippen LogP contribution in [-0.4, -0.2) is 37.0 Å². The van der Waals surface area contributed by atoms with Crippen molar-refractivity contribution in [3.8, 4) is 11.8 Å². The van der Waals surface area contributed by atoms with Crippen LogP contribution in [0.25, 0.3) is 5.69 Å². The van der Waals surface area contributed by atoms with Crippen molar-refractivity contribution in [1.29, 1.82) is 5.26 Å². The standard InChI is InChI=1S/C19H15N7O2/c1-19(15-7-4-8-16(9-15)26-12-21-23-24-26)17(27)25(18(28)22-19)11-14-6-3-2-5-13(14)10-20/h2-9,12H,11H2,1H3,(H,22,28). The summed E-state index contributed by atoms with van der Waals surface area (Å²) < 4.78 is 1.47. The molecular formula is C19H15N7O2. The molecule has 1 N–H and O–H groups in total. The van der Waals surface area contributed by atoms with Crippen molar-refractivity contribution in [2.45, 2.75) is 19.0 Å². The normalized spacial score (nSPS) is 18.8. The number of benzene rings is 2. The highest BCUT2D eigenvalue weighted by Crippen LogP contribution is 2.31. The fourth-order valence-corrected chi connectivity index (χ4v) is 3.21. The van der Waals surface area contributed by atoms with Gasteiger partial charge >= 0.3 is 6.03 Å². The van der Waals surface area contributed by atoms with Crippen molar-refractivity contribution >= 4 is 11.9 Å². The summed E-state index contributed by atoms with van der Waals surface area (Å²) in [6.45, 7) is 1.68. The van der Waals surface area contributed by atoms with Crippen LogP contribution in [-0.2, 0) is 16.9 Å². The molecule has 0 bridgehead atoms. The number of aromatic nitrogens is 4. The monoisotopic (exact) mass is 373 g/mol. The maximum atomic E-state index is 13.2. The average Bonchev–Trinajstić information content (AvgIpc) is 3.33. The minimum Gasteiger partial charge on any atom is -0.319 e. The molecule has 1 saturated heterocycles. The number of nitrogens with zero attached hydrogens (tertiary/aromatic N) is 6. The average molecular weight is 373 g/mol. The summed E-state index contributed by atoms with van der Waals surface area (Å²) in [6, 6.07) is 15.5. The van der Waals surface area contributed by atoms with Crippen LogP contribution in [0.4, 0.5) is 4.79 Å². The van der Waals surface area contributed by atoms with Crippen LogP contribution in [0.2, 0.25) is 0 Å². The van der Waals surface area contributed by atoms with Gasteiger partial charge in [0.2, 0.25) is 0 Å². The summed E-state index contributed by atoms with van der Waals surface area (Å²) in [5.74, 6) is -0.390. The quantitative estimate of drug-likeness (QED) is 0.693. The molecule has 2 aromatic carbocycles. The lowest BCUT2D eigenvalue weighted by molar-refractivity contribution is -0.131. The molecule has 1 aliphatic rings. The van der Waals surface area contributed by atoms with Crippen molar-refractivity contribution < 1.29 is 9.59 Å². The molecule has 1 aliphatic heterocycles. The van der Waals surface area contributed by atoms with Gasteiger partial charge in [0.15, 0.2) is 0 Å². The van der Waals surface area contributed by atoms with E-state index in [9.17, 15) is 14.9 Å². The Balaban J connectivity index is 1.66. The zero-order valence-corrected chi connectivity index (χ0v) is 14.9. The highest BCUT2D eigenvalue weighted by Gasteiger charge is 2.49. The maximum Gasteiger partial charge on any atom is 0.325 e. The molecule has 3 aromatic rings. The van der Waals surface area contributed by atoms with Crippen molar-refractivity contribution in [2.24, 2.45) is 0 Å². The number of nitriles is 1. The molecule has 28 heavy (non-hydrogen) atoms. The molecule has 9 heteroatoms. The smallest absolute Gasteiger partial charge is 0.319 e. The van der Waals surface area contributed by atoms with Crippen LogP contribution in [0.15, 0.2) is 54.9 Å². The topological polar surface area (TPSA) is 117 Å². The predicted octanol–water partition coefficient (Wildman–Crippen LogP) is 1.50. The van der Waals surface area contributed by atoms with E-state index in [1.807, 2.05) is 0 Å². The van der Waals surface area contributed by atoms with E-state index in [0.29, 0.717) is 22.4 Å². The van der Waals surface area contributed by atoms with Crippen molar-refractivity contribution in [3.05, 3.63) is 71.5 Å². The van der Waals surface area contributed by atoms with E-state index in [1.165, 1.54) is 11.0 Å². The van der Waals surface area contributed by atoms with Crippen LogP contribution in [0.1, 0.15) is 23.6 Å². The summed E-state index contributed by atoms with van der Waals surface area (Å²) in [4.78, 5) is 26.8. The highest BCUT2D eigenvalue weighted by atomic mass is 16.2. The third kappa shape index (κ3) is 2.77. The first-order valence-corrected chi connectivity index (χ1v) is 8.49. The second kappa shape index (κ2) is 6.59. The van der Waals surface area contributed by atoms with Crippen LogP contribution >= 0.6 is 0 Å². The molecule has 1 aromatic heterocycles. The molecule has 3 amide bonds. The summed E-state index contributed by atoms with van der Waals surface area (Å²) in [7, 11) is 0. The molecule has 1 atom stereocenters. The van der Waals surface area contributed by atoms with Gasteiger partial charge in [-0.2, -0.15) is 5.26 Å². The van der Waals surface area contributed by atoms with Gasteiger partial charge in [0.25, 0.3) is 5.91 Å². The molecule has 0 spiro atoms. The van der Waals surface area contributed by atoms with Crippen LogP contribution < -0.4 is 5.32 Å². The zero-order chi connectivity index (χ0) is 19.7. The molecule has 1 unspecified atom stereocenters. The predicted molar refractivity (Wildman–Crippen MR) is 96.7 cm³/mol. The number of carbonyl (C=O) groups is 2. The lowest BCUT2D eigenvalue weighted by atomic mass is 9.91. The Morgan fingerprint density at radius 3 is 2.75 bits per heavy atom. The SMILES string of the molecule is CC1(c2cccc(-n3cnnn3)c2)NC(=O)N(Cc2ccccc2C#N)C1=O. The maximum absolute atomic E-state index is 13.2. The van der Waals surface area contributed by atoms with E-state index in [2.05, 4.69) is 26.9 Å². The Morgan fingerprint density at radius 1 is 1.18 bits per heavy atom. The number of carbonyl (C=O) groups excluding carboxylic acids is 2. The Morgan fingerprint density at radius 2 is 2.00 bits per heavy atom. The van der Waals surface area contributed by atoms with E-state index in [-0.39, 0.29) is 12.5 Å². The van der Waals surface area contributed by atoms with Gasteiger partial charge in [-0.25, -0.2) is 9.48 Å². The zero-order valence-electron chi connectivity index (χ0n) is 14.9. The second-order valence-electron chi connectivity index (χ2n) is 6.52. The van der Waals surface area contributed by atoms with E-state index < -0.39 is 11.6 Å². The summed E-state index contributed by atoms with van der Waals surface area (Å²) in [5.41, 5.74) is 1.08. The Kier molecular flexibility index (Phi) is 4.08. The summed E-state index contributed by atoms with van der Waals surface area (Å²) >= 11 is 0. The van der Waals surface area contributed by atoms with Crippen molar-refractivity contribution in [3.63, 3.8) is 0 Å². The van der Waals surface area contributed by atoms with Crippen LogP contribution in [0.5, 0.6) is 0 Å². The third-order valence-corrected chi connectivity index (χ3v) is 4.78.